The van der Waals surface area contributed by atoms with Crippen LogP contribution in [0.2, 0.25) is 0 Å². The third kappa shape index (κ3) is 2.43. The van der Waals surface area contributed by atoms with Gasteiger partial charge in [0.25, 0.3) is 0 Å². The maximum Gasteiger partial charge on any atom is 0.200 e. The number of aliphatic hydroxyl groups excluding tert-OH is 1. The van der Waals surface area contributed by atoms with Gasteiger partial charge in [-0.2, -0.15) is 4.39 Å². The molecule has 0 bridgehead atoms. The molecule has 0 amide bonds. The van der Waals surface area contributed by atoms with Gasteiger partial charge in [-0.15, -0.1) is 0 Å². The third-order valence-corrected chi connectivity index (χ3v) is 2.08. The van der Waals surface area contributed by atoms with E-state index in [2.05, 4.69) is 4.74 Å². The standard InChI is InChI=1S/C10H13F2NO2/c1-5(13)10(14)6-3-7(11)9(12)8(4-6)15-2/h3-5,10,14H,13H2,1-2H3/t5-,10-/m0/s1. The van der Waals surface area contributed by atoms with Crippen LogP contribution in [0, 0.1) is 11.6 Å². The Balaban J connectivity index is 3.16. The molecule has 3 nitrogen and oxygen atoms in total. The minimum absolute atomic E-state index is 0.195. The minimum Gasteiger partial charge on any atom is -0.494 e. The second-order valence-electron chi connectivity index (χ2n) is 3.32. The predicted molar refractivity (Wildman–Crippen MR) is 51.5 cm³/mol. The van der Waals surface area contributed by atoms with Gasteiger partial charge in [-0.05, 0) is 24.6 Å². The highest BCUT2D eigenvalue weighted by Gasteiger charge is 2.18. The first-order valence-corrected chi connectivity index (χ1v) is 4.44. The molecule has 1 rings (SSSR count). The van der Waals surface area contributed by atoms with Crippen molar-refractivity contribution in [3.05, 3.63) is 29.3 Å². The summed E-state index contributed by atoms with van der Waals surface area (Å²) in [6.45, 7) is 1.57. The quantitative estimate of drug-likeness (QED) is 0.803. The van der Waals surface area contributed by atoms with Crippen LogP contribution in [0.3, 0.4) is 0 Å². The van der Waals surface area contributed by atoms with E-state index in [4.69, 9.17) is 5.73 Å². The van der Waals surface area contributed by atoms with Crippen molar-refractivity contribution in [2.75, 3.05) is 7.11 Å². The SMILES string of the molecule is COc1cc([C@@H](O)[C@H](C)N)cc(F)c1F. The molecule has 0 aliphatic carbocycles. The van der Waals surface area contributed by atoms with E-state index in [1.807, 2.05) is 0 Å². The normalized spacial score (nSPS) is 14.8. The molecule has 5 heteroatoms. The van der Waals surface area contributed by atoms with Gasteiger partial charge in [0.1, 0.15) is 0 Å². The fourth-order valence-corrected chi connectivity index (χ4v) is 1.21. The molecule has 0 aromatic heterocycles. The summed E-state index contributed by atoms with van der Waals surface area (Å²) in [5, 5.41) is 9.56. The van der Waals surface area contributed by atoms with E-state index in [1.165, 1.54) is 13.2 Å². The Hall–Kier alpha value is -1.20. The molecule has 0 fully saturated rings. The number of benzene rings is 1. The number of hydrogen-bond donors (Lipinski definition) is 2. The summed E-state index contributed by atoms with van der Waals surface area (Å²) in [4.78, 5) is 0. The lowest BCUT2D eigenvalue weighted by molar-refractivity contribution is 0.152. The number of rotatable bonds is 3. The predicted octanol–water partition coefficient (Wildman–Crippen LogP) is 1.35. The van der Waals surface area contributed by atoms with E-state index in [0.29, 0.717) is 0 Å². The Kier molecular flexibility index (Phi) is 3.60. The summed E-state index contributed by atoms with van der Waals surface area (Å²) >= 11 is 0. The smallest absolute Gasteiger partial charge is 0.200 e. The molecular formula is C10H13F2NO2. The van der Waals surface area contributed by atoms with Crippen molar-refractivity contribution in [2.45, 2.75) is 19.1 Å². The van der Waals surface area contributed by atoms with Crippen molar-refractivity contribution in [1.82, 2.24) is 0 Å². The van der Waals surface area contributed by atoms with Crippen LogP contribution in [0.25, 0.3) is 0 Å². The van der Waals surface area contributed by atoms with E-state index in [9.17, 15) is 13.9 Å². The van der Waals surface area contributed by atoms with Crippen molar-refractivity contribution in [2.24, 2.45) is 5.73 Å². The van der Waals surface area contributed by atoms with Gasteiger partial charge in [0.2, 0.25) is 5.82 Å². The number of aliphatic hydroxyl groups is 1. The third-order valence-electron chi connectivity index (χ3n) is 2.08. The zero-order valence-corrected chi connectivity index (χ0v) is 8.50. The lowest BCUT2D eigenvalue weighted by Gasteiger charge is -2.16. The van der Waals surface area contributed by atoms with Crippen LogP contribution in [-0.2, 0) is 0 Å². The van der Waals surface area contributed by atoms with E-state index in [1.54, 1.807) is 6.92 Å². The Morgan fingerprint density at radius 1 is 1.40 bits per heavy atom. The number of halogens is 2. The molecule has 0 saturated carbocycles. The second kappa shape index (κ2) is 4.55. The first kappa shape index (κ1) is 11.9. The number of ether oxygens (including phenoxy) is 1. The van der Waals surface area contributed by atoms with Crippen LogP contribution in [0.15, 0.2) is 12.1 Å². The van der Waals surface area contributed by atoms with E-state index >= 15 is 0 Å². The van der Waals surface area contributed by atoms with Crippen LogP contribution in [0.4, 0.5) is 8.78 Å². The summed E-state index contributed by atoms with van der Waals surface area (Å²) in [6.07, 6.45) is -1.05. The number of hydrogen-bond acceptors (Lipinski definition) is 3. The fourth-order valence-electron chi connectivity index (χ4n) is 1.21. The minimum atomic E-state index is -1.07. The first-order chi connectivity index (χ1) is 6.97. The van der Waals surface area contributed by atoms with Gasteiger partial charge < -0.3 is 15.6 Å². The molecule has 1 aromatic rings. The molecule has 0 aliphatic rings. The average Bonchev–Trinajstić information content (AvgIpc) is 2.20. The molecule has 0 radical (unpaired) electrons. The molecule has 0 unspecified atom stereocenters. The topological polar surface area (TPSA) is 55.5 Å². The molecule has 0 heterocycles. The molecule has 0 spiro atoms. The Bertz CT molecular complexity index is 356. The number of methoxy groups -OCH3 is 1. The van der Waals surface area contributed by atoms with Gasteiger partial charge in [-0.3, -0.25) is 0 Å². The fraction of sp³-hybridized carbons (Fsp3) is 0.400. The molecule has 0 aliphatic heterocycles. The van der Waals surface area contributed by atoms with Gasteiger partial charge in [0.15, 0.2) is 11.6 Å². The Labute approximate surface area is 86.5 Å². The van der Waals surface area contributed by atoms with Crippen LogP contribution in [-0.4, -0.2) is 18.3 Å². The monoisotopic (exact) mass is 217 g/mol. The highest BCUT2D eigenvalue weighted by atomic mass is 19.2. The summed E-state index contributed by atoms with van der Waals surface area (Å²) < 4.78 is 30.7. The zero-order chi connectivity index (χ0) is 11.6. The van der Waals surface area contributed by atoms with Crippen molar-refractivity contribution in [3.63, 3.8) is 0 Å². The maximum absolute atomic E-state index is 13.0. The summed E-state index contributed by atoms with van der Waals surface area (Å²) in [5.74, 6) is -2.38. The van der Waals surface area contributed by atoms with Crippen LogP contribution in [0.5, 0.6) is 5.75 Å². The van der Waals surface area contributed by atoms with Gasteiger partial charge in [0.05, 0.1) is 13.2 Å². The second-order valence-corrected chi connectivity index (χ2v) is 3.32. The molecule has 15 heavy (non-hydrogen) atoms. The molecule has 2 atom stereocenters. The van der Waals surface area contributed by atoms with Crippen molar-refractivity contribution < 1.29 is 18.6 Å². The van der Waals surface area contributed by atoms with Gasteiger partial charge in [-0.25, -0.2) is 4.39 Å². The highest BCUT2D eigenvalue weighted by molar-refractivity contribution is 5.33. The first-order valence-electron chi connectivity index (χ1n) is 4.44. The van der Waals surface area contributed by atoms with E-state index in [-0.39, 0.29) is 11.3 Å². The zero-order valence-electron chi connectivity index (χ0n) is 8.50. The lowest BCUT2D eigenvalue weighted by atomic mass is 10.0. The summed E-state index contributed by atoms with van der Waals surface area (Å²) in [5.41, 5.74) is 5.64. The molecule has 3 N–H and O–H groups in total. The lowest BCUT2D eigenvalue weighted by Crippen LogP contribution is -2.24. The molecule has 84 valence electrons. The summed E-state index contributed by atoms with van der Waals surface area (Å²) in [6, 6.07) is 1.57. The van der Waals surface area contributed by atoms with Crippen molar-refractivity contribution >= 4 is 0 Å². The Morgan fingerprint density at radius 2 is 2.00 bits per heavy atom. The highest BCUT2D eigenvalue weighted by Crippen LogP contribution is 2.26. The molecular weight excluding hydrogens is 204 g/mol. The molecule has 1 aromatic carbocycles. The largest absolute Gasteiger partial charge is 0.494 e. The van der Waals surface area contributed by atoms with Crippen molar-refractivity contribution in [3.8, 4) is 5.75 Å². The van der Waals surface area contributed by atoms with Gasteiger partial charge >= 0.3 is 0 Å². The van der Waals surface area contributed by atoms with Crippen LogP contribution < -0.4 is 10.5 Å². The summed E-state index contributed by atoms with van der Waals surface area (Å²) in [7, 11) is 1.22. The van der Waals surface area contributed by atoms with Crippen LogP contribution in [0.1, 0.15) is 18.6 Å². The van der Waals surface area contributed by atoms with E-state index < -0.39 is 23.8 Å². The Morgan fingerprint density at radius 3 is 2.47 bits per heavy atom. The van der Waals surface area contributed by atoms with Crippen LogP contribution >= 0.6 is 0 Å². The average molecular weight is 217 g/mol. The van der Waals surface area contributed by atoms with E-state index in [0.717, 1.165) is 6.07 Å². The van der Waals surface area contributed by atoms with Gasteiger partial charge in [0, 0.05) is 6.04 Å². The number of nitrogens with two attached hydrogens (primary N) is 1. The maximum atomic E-state index is 13.0. The molecule has 0 saturated heterocycles. The van der Waals surface area contributed by atoms with Crippen molar-refractivity contribution in [1.29, 1.82) is 0 Å². The van der Waals surface area contributed by atoms with Gasteiger partial charge in [-0.1, -0.05) is 0 Å².